The number of carbonyl (C=O) groups excluding carboxylic acids is 1. The lowest BCUT2D eigenvalue weighted by atomic mass is 10.1. The maximum atomic E-state index is 11.9. The van der Waals surface area contributed by atoms with Gasteiger partial charge in [0, 0.05) is 22.4 Å². The number of hydrogen-bond donors (Lipinski definition) is 2. The number of rotatable bonds is 3. The average molecular weight is 309 g/mol. The van der Waals surface area contributed by atoms with E-state index in [2.05, 4.69) is 50.3 Å². The van der Waals surface area contributed by atoms with Gasteiger partial charge < -0.3 is 5.32 Å². The first kappa shape index (κ1) is 12.8. The first-order valence-corrected chi connectivity index (χ1v) is 6.34. The topological polar surface area (TPSA) is 70.7 Å². The Morgan fingerprint density at radius 2 is 2.22 bits per heavy atom. The van der Waals surface area contributed by atoms with Crippen LogP contribution in [0.25, 0.3) is 0 Å². The van der Waals surface area contributed by atoms with Gasteiger partial charge in [-0.25, -0.2) is 4.98 Å². The highest BCUT2D eigenvalue weighted by Crippen LogP contribution is 2.15. The van der Waals surface area contributed by atoms with Gasteiger partial charge in [0.2, 0.25) is 0 Å². The molecule has 0 spiro atoms. The summed E-state index contributed by atoms with van der Waals surface area (Å²) in [7, 11) is 0. The van der Waals surface area contributed by atoms with Crippen LogP contribution in [0.4, 0.5) is 5.82 Å². The number of nitrogens with one attached hydrogen (secondary N) is 2. The third-order valence-corrected chi connectivity index (χ3v) is 2.89. The van der Waals surface area contributed by atoms with Crippen molar-refractivity contribution in [3.8, 4) is 0 Å². The van der Waals surface area contributed by atoms with E-state index >= 15 is 0 Å². The summed E-state index contributed by atoms with van der Waals surface area (Å²) in [6, 6.07) is 5.24. The van der Waals surface area contributed by atoms with Gasteiger partial charge in [0.1, 0.15) is 5.69 Å². The SMILES string of the molecule is CC(C)c1cc(NC(=O)c2ccc(Br)cn2)n[nH]1. The van der Waals surface area contributed by atoms with E-state index < -0.39 is 0 Å². The van der Waals surface area contributed by atoms with Crippen molar-refractivity contribution in [3.63, 3.8) is 0 Å². The van der Waals surface area contributed by atoms with Crippen LogP contribution in [0, 0.1) is 0 Å². The van der Waals surface area contributed by atoms with Crippen LogP contribution in [0.3, 0.4) is 0 Å². The van der Waals surface area contributed by atoms with E-state index in [4.69, 9.17) is 0 Å². The summed E-state index contributed by atoms with van der Waals surface area (Å²) < 4.78 is 0.834. The first-order chi connectivity index (χ1) is 8.56. The molecule has 0 atom stereocenters. The number of aromatic nitrogens is 3. The normalized spacial score (nSPS) is 10.7. The molecule has 2 heterocycles. The van der Waals surface area contributed by atoms with Gasteiger partial charge in [0.25, 0.3) is 5.91 Å². The lowest BCUT2D eigenvalue weighted by Gasteiger charge is -2.00. The highest BCUT2D eigenvalue weighted by atomic mass is 79.9. The molecule has 0 unspecified atom stereocenters. The number of halogens is 1. The Bertz CT molecular complexity index is 547. The van der Waals surface area contributed by atoms with Crippen molar-refractivity contribution in [3.05, 3.63) is 40.3 Å². The molecule has 2 aromatic rings. The fraction of sp³-hybridized carbons (Fsp3) is 0.250. The number of hydrogen-bond acceptors (Lipinski definition) is 3. The number of amides is 1. The zero-order chi connectivity index (χ0) is 13.1. The summed E-state index contributed by atoms with van der Waals surface area (Å²) in [6.07, 6.45) is 1.58. The fourth-order valence-corrected chi connectivity index (χ4v) is 1.62. The van der Waals surface area contributed by atoms with Gasteiger partial charge in [0.05, 0.1) is 0 Å². The average Bonchev–Trinajstić information content (AvgIpc) is 2.78. The molecule has 0 saturated heterocycles. The number of aromatic amines is 1. The molecule has 0 fully saturated rings. The van der Waals surface area contributed by atoms with Gasteiger partial charge in [-0.2, -0.15) is 5.10 Å². The second-order valence-corrected chi connectivity index (χ2v) is 5.09. The zero-order valence-electron chi connectivity index (χ0n) is 10.1. The number of anilines is 1. The number of H-pyrrole nitrogens is 1. The van der Waals surface area contributed by atoms with E-state index in [0.717, 1.165) is 10.2 Å². The highest BCUT2D eigenvalue weighted by Gasteiger charge is 2.10. The monoisotopic (exact) mass is 308 g/mol. The lowest BCUT2D eigenvalue weighted by Crippen LogP contribution is -2.13. The molecule has 0 aliphatic carbocycles. The highest BCUT2D eigenvalue weighted by molar-refractivity contribution is 9.10. The van der Waals surface area contributed by atoms with Crippen LogP contribution in [-0.4, -0.2) is 21.1 Å². The molecule has 2 rings (SSSR count). The summed E-state index contributed by atoms with van der Waals surface area (Å²) in [5.41, 5.74) is 1.33. The third kappa shape index (κ3) is 2.95. The number of carbonyl (C=O) groups is 1. The van der Waals surface area contributed by atoms with E-state index in [-0.39, 0.29) is 5.91 Å². The molecule has 0 saturated carbocycles. The molecular formula is C12H13BrN4O. The Labute approximate surface area is 113 Å². The van der Waals surface area contributed by atoms with Gasteiger partial charge in [0.15, 0.2) is 5.82 Å². The van der Waals surface area contributed by atoms with Gasteiger partial charge >= 0.3 is 0 Å². The quantitative estimate of drug-likeness (QED) is 0.915. The minimum absolute atomic E-state index is 0.274. The van der Waals surface area contributed by atoms with Crippen molar-refractivity contribution in [1.82, 2.24) is 15.2 Å². The lowest BCUT2D eigenvalue weighted by molar-refractivity contribution is 0.102. The summed E-state index contributed by atoms with van der Waals surface area (Å²) in [4.78, 5) is 15.9. The Hall–Kier alpha value is -1.69. The van der Waals surface area contributed by atoms with Crippen molar-refractivity contribution < 1.29 is 4.79 Å². The van der Waals surface area contributed by atoms with E-state index in [0.29, 0.717) is 17.4 Å². The molecule has 0 aromatic carbocycles. The van der Waals surface area contributed by atoms with Crippen LogP contribution in [0.5, 0.6) is 0 Å². The van der Waals surface area contributed by atoms with Crippen LogP contribution in [0.1, 0.15) is 35.9 Å². The van der Waals surface area contributed by atoms with Crippen molar-refractivity contribution in [1.29, 1.82) is 0 Å². The van der Waals surface area contributed by atoms with Gasteiger partial charge in [-0.3, -0.25) is 9.89 Å². The summed E-state index contributed by atoms with van der Waals surface area (Å²) in [6.45, 7) is 4.10. The summed E-state index contributed by atoms with van der Waals surface area (Å²) >= 11 is 3.27. The van der Waals surface area contributed by atoms with E-state index in [1.165, 1.54) is 0 Å². The van der Waals surface area contributed by atoms with Crippen molar-refractivity contribution in [2.45, 2.75) is 19.8 Å². The molecule has 0 radical (unpaired) electrons. The minimum atomic E-state index is -0.274. The predicted octanol–water partition coefficient (Wildman–Crippen LogP) is 2.94. The molecule has 0 aliphatic rings. The molecular weight excluding hydrogens is 296 g/mol. The van der Waals surface area contributed by atoms with Gasteiger partial charge in [-0.1, -0.05) is 13.8 Å². The first-order valence-electron chi connectivity index (χ1n) is 5.54. The van der Waals surface area contributed by atoms with E-state index in [9.17, 15) is 4.79 Å². The molecule has 1 amide bonds. The van der Waals surface area contributed by atoms with E-state index in [1.54, 1.807) is 18.3 Å². The molecule has 0 bridgehead atoms. The maximum Gasteiger partial charge on any atom is 0.275 e. The smallest absolute Gasteiger partial charge is 0.275 e. The van der Waals surface area contributed by atoms with Crippen LogP contribution < -0.4 is 5.32 Å². The summed E-state index contributed by atoms with van der Waals surface area (Å²) in [5.74, 6) is 0.576. The van der Waals surface area contributed by atoms with Crippen LogP contribution in [0.2, 0.25) is 0 Å². The van der Waals surface area contributed by atoms with Crippen LogP contribution in [-0.2, 0) is 0 Å². The zero-order valence-corrected chi connectivity index (χ0v) is 11.7. The van der Waals surface area contributed by atoms with Crippen molar-refractivity contribution >= 4 is 27.7 Å². The fourth-order valence-electron chi connectivity index (χ4n) is 1.39. The molecule has 2 aromatic heterocycles. The predicted molar refractivity (Wildman–Crippen MR) is 72.6 cm³/mol. The molecule has 94 valence electrons. The Morgan fingerprint density at radius 3 is 2.78 bits per heavy atom. The van der Waals surface area contributed by atoms with Gasteiger partial charge in [-0.05, 0) is 34.0 Å². The maximum absolute atomic E-state index is 11.9. The Balaban J connectivity index is 2.08. The molecule has 0 aliphatic heterocycles. The second kappa shape index (κ2) is 5.30. The molecule has 5 nitrogen and oxygen atoms in total. The molecule has 6 heteroatoms. The molecule has 2 N–H and O–H groups in total. The largest absolute Gasteiger partial charge is 0.304 e. The van der Waals surface area contributed by atoms with Crippen molar-refractivity contribution in [2.75, 3.05) is 5.32 Å². The van der Waals surface area contributed by atoms with E-state index in [1.807, 2.05) is 6.07 Å². The van der Waals surface area contributed by atoms with Gasteiger partial charge in [-0.15, -0.1) is 0 Å². The standard InChI is InChI=1S/C12H13BrN4O/c1-7(2)10-5-11(17-16-10)15-12(18)9-4-3-8(13)6-14-9/h3-7H,1-2H3,(H2,15,16,17,18). The van der Waals surface area contributed by atoms with Crippen molar-refractivity contribution in [2.24, 2.45) is 0 Å². The number of nitrogens with zero attached hydrogens (tertiary/aromatic N) is 2. The summed E-state index contributed by atoms with van der Waals surface area (Å²) in [5, 5.41) is 9.60. The third-order valence-electron chi connectivity index (χ3n) is 2.42. The van der Waals surface area contributed by atoms with Crippen LogP contribution >= 0.6 is 15.9 Å². The number of pyridine rings is 1. The van der Waals surface area contributed by atoms with Crippen LogP contribution in [0.15, 0.2) is 28.9 Å². The Morgan fingerprint density at radius 1 is 1.44 bits per heavy atom. The Kier molecular flexibility index (Phi) is 3.76. The second-order valence-electron chi connectivity index (χ2n) is 4.18. The minimum Gasteiger partial charge on any atom is -0.304 e. The molecule has 18 heavy (non-hydrogen) atoms.